The van der Waals surface area contributed by atoms with E-state index in [1.54, 1.807) is 31.4 Å². The zero-order valence-electron chi connectivity index (χ0n) is 23.6. The largest absolute Gasteiger partial charge is 0.487 e. The number of carbonyl (C=O) groups is 1. The lowest BCUT2D eigenvalue weighted by molar-refractivity contribution is 0.0133. The quantitative estimate of drug-likeness (QED) is 0.449. The van der Waals surface area contributed by atoms with Gasteiger partial charge in [-0.1, -0.05) is 29.8 Å². The highest BCUT2D eigenvalue weighted by molar-refractivity contribution is 7.90. The van der Waals surface area contributed by atoms with Crippen LogP contribution in [0, 0.1) is 11.8 Å². The number of aliphatic hydroxyl groups is 1. The van der Waals surface area contributed by atoms with E-state index in [1.807, 2.05) is 24.3 Å². The van der Waals surface area contributed by atoms with Crippen LogP contribution in [0.25, 0.3) is 0 Å². The summed E-state index contributed by atoms with van der Waals surface area (Å²) < 4.78 is 40.4. The van der Waals surface area contributed by atoms with E-state index in [4.69, 9.17) is 21.1 Å². The number of aryl methyl sites for hydroxylation is 1. The minimum Gasteiger partial charge on any atom is -0.487 e. The number of nitrogens with one attached hydrogen (secondary N) is 1. The molecular formula is C31H39ClN2O6S. The van der Waals surface area contributed by atoms with Gasteiger partial charge in [0.15, 0.2) is 0 Å². The van der Waals surface area contributed by atoms with E-state index >= 15 is 0 Å². The molecule has 10 heteroatoms. The lowest BCUT2D eigenvalue weighted by atomic mass is 9.70. The number of ether oxygens (including phenoxy) is 2. The number of halogens is 1. The van der Waals surface area contributed by atoms with E-state index in [9.17, 15) is 18.3 Å². The molecular weight excluding hydrogens is 564 g/mol. The van der Waals surface area contributed by atoms with Gasteiger partial charge in [0.25, 0.3) is 5.91 Å². The zero-order chi connectivity index (χ0) is 29.1. The van der Waals surface area contributed by atoms with Crippen molar-refractivity contribution in [2.24, 2.45) is 11.8 Å². The monoisotopic (exact) mass is 602 g/mol. The van der Waals surface area contributed by atoms with E-state index in [0.717, 1.165) is 56.4 Å². The molecule has 2 aliphatic heterocycles. The second-order valence-electron chi connectivity index (χ2n) is 11.4. The van der Waals surface area contributed by atoms with Crippen LogP contribution in [0.3, 0.4) is 0 Å². The summed E-state index contributed by atoms with van der Waals surface area (Å²) in [6.07, 6.45) is 7.44. The van der Waals surface area contributed by atoms with Crippen LogP contribution < -0.4 is 14.4 Å². The Morgan fingerprint density at radius 3 is 2.71 bits per heavy atom. The number of aliphatic hydroxyl groups excluding tert-OH is 1. The minimum absolute atomic E-state index is 0.134. The SMILES string of the molecule is CO[C@H]1/C=C/C[C@@H](O)[C@H](C)S(=O)(=O)NC(=O)c2ccc3c(c2)N(CCCCc2cc(Cl)ccc2CO3)C[C@@H]2CC[C@H]21. The highest BCUT2D eigenvalue weighted by Crippen LogP contribution is 2.41. The Bertz CT molecular complexity index is 1400. The number of rotatable bonds is 1. The third-order valence-electron chi connectivity index (χ3n) is 8.83. The van der Waals surface area contributed by atoms with Crippen LogP contribution in [-0.4, -0.2) is 57.1 Å². The summed E-state index contributed by atoms with van der Waals surface area (Å²) in [5.74, 6) is 0.567. The van der Waals surface area contributed by atoms with Gasteiger partial charge in [0.1, 0.15) is 17.6 Å². The van der Waals surface area contributed by atoms with Crippen molar-refractivity contribution in [3.63, 3.8) is 0 Å². The molecule has 0 saturated heterocycles. The Labute approximate surface area is 247 Å². The number of carbonyl (C=O) groups excluding carboxylic acids is 1. The summed E-state index contributed by atoms with van der Waals surface area (Å²) in [5.41, 5.74) is 3.22. The van der Waals surface area contributed by atoms with E-state index in [1.165, 1.54) is 12.5 Å². The van der Waals surface area contributed by atoms with Crippen molar-refractivity contribution >= 4 is 33.2 Å². The molecule has 2 bridgehead atoms. The highest BCUT2D eigenvalue weighted by atomic mass is 35.5. The molecule has 5 rings (SSSR count). The molecule has 0 aromatic heterocycles. The smallest absolute Gasteiger partial charge is 0.264 e. The van der Waals surface area contributed by atoms with E-state index in [-0.39, 0.29) is 18.1 Å². The molecule has 1 saturated carbocycles. The first-order valence-corrected chi connectivity index (χ1v) is 16.3. The average Bonchev–Trinajstić information content (AvgIpc) is 2.96. The normalized spacial score (nSPS) is 29.4. The first kappa shape index (κ1) is 29.9. The predicted octanol–water partition coefficient (Wildman–Crippen LogP) is 4.87. The molecule has 2 N–H and O–H groups in total. The molecule has 41 heavy (non-hydrogen) atoms. The molecule has 0 spiro atoms. The summed E-state index contributed by atoms with van der Waals surface area (Å²) in [6.45, 7) is 3.28. The molecule has 1 aliphatic carbocycles. The van der Waals surface area contributed by atoms with Gasteiger partial charge in [-0.25, -0.2) is 13.1 Å². The third-order valence-corrected chi connectivity index (χ3v) is 10.8. The second-order valence-corrected chi connectivity index (χ2v) is 13.9. The molecule has 1 fully saturated rings. The summed E-state index contributed by atoms with van der Waals surface area (Å²) in [7, 11) is -2.44. The van der Waals surface area contributed by atoms with Crippen LogP contribution in [0.4, 0.5) is 5.69 Å². The fourth-order valence-electron chi connectivity index (χ4n) is 6.04. The number of fused-ring (bicyclic) bond motifs is 3. The fraction of sp³-hybridized carbons (Fsp3) is 0.516. The summed E-state index contributed by atoms with van der Waals surface area (Å²) in [4.78, 5) is 15.5. The van der Waals surface area contributed by atoms with Gasteiger partial charge in [0.05, 0.1) is 17.9 Å². The molecule has 1 amide bonds. The lowest BCUT2D eigenvalue weighted by Crippen LogP contribution is -2.44. The van der Waals surface area contributed by atoms with E-state index in [0.29, 0.717) is 29.2 Å². The highest BCUT2D eigenvalue weighted by Gasteiger charge is 2.38. The summed E-state index contributed by atoms with van der Waals surface area (Å²) in [6, 6.07) is 10.9. The summed E-state index contributed by atoms with van der Waals surface area (Å²) in [5, 5.41) is 10.1. The molecule has 3 aliphatic rings. The molecule has 2 heterocycles. The Balaban J connectivity index is 1.55. The number of methoxy groups -OCH3 is 1. The Morgan fingerprint density at radius 2 is 1.95 bits per heavy atom. The average molecular weight is 603 g/mol. The van der Waals surface area contributed by atoms with Crippen LogP contribution in [0.5, 0.6) is 5.75 Å². The van der Waals surface area contributed by atoms with Crippen molar-refractivity contribution in [2.45, 2.75) is 69.5 Å². The fourth-order valence-corrected chi connectivity index (χ4v) is 7.33. The minimum atomic E-state index is -4.13. The number of benzene rings is 2. The second kappa shape index (κ2) is 12.7. The zero-order valence-corrected chi connectivity index (χ0v) is 25.2. The van der Waals surface area contributed by atoms with Gasteiger partial charge in [-0.3, -0.25) is 4.79 Å². The number of amides is 1. The molecule has 0 radical (unpaired) electrons. The van der Waals surface area contributed by atoms with Crippen molar-refractivity contribution in [3.8, 4) is 5.75 Å². The van der Waals surface area contributed by atoms with Gasteiger partial charge in [-0.2, -0.15) is 0 Å². The maximum atomic E-state index is 13.2. The van der Waals surface area contributed by atoms with Crippen molar-refractivity contribution in [3.05, 3.63) is 70.3 Å². The first-order chi connectivity index (χ1) is 19.7. The van der Waals surface area contributed by atoms with Crippen LogP contribution in [-0.2, 0) is 27.8 Å². The van der Waals surface area contributed by atoms with Gasteiger partial charge in [-0.15, -0.1) is 0 Å². The molecule has 5 atom stereocenters. The molecule has 8 nitrogen and oxygen atoms in total. The Kier molecular flexibility index (Phi) is 9.28. The Hall–Kier alpha value is -2.59. The Morgan fingerprint density at radius 1 is 1.12 bits per heavy atom. The lowest BCUT2D eigenvalue weighted by Gasteiger charge is -2.43. The van der Waals surface area contributed by atoms with Gasteiger partial charge >= 0.3 is 0 Å². The van der Waals surface area contributed by atoms with Crippen molar-refractivity contribution in [2.75, 3.05) is 25.1 Å². The van der Waals surface area contributed by atoms with Gasteiger partial charge < -0.3 is 19.5 Å². The van der Waals surface area contributed by atoms with Crippen LogP contribution in [0.1, 0.15) is 60.5 Å². The van der Waals surface area contributed by atoms with Crippen LogP contribution in [0.15, 0.2) is 48.6 Å². The molecule has 222 valence electrons. The topological polar surface area (TPSA) is 105 Å². The number of hydrogen-bond donors (Lipinski definition) is 2. The number of hydrogen-bond acceptors (Lipinski definition) is 7. The maximum Gasteiger partial charge on any atom is 0.264 e. The molecule has 0 unspecified atom stereocenters. The van der Waals surface area contributed by atoms with Crippen LogP contribution >= 0.6 is 11.6 Å². The number of nitrogens with zero attached hydrogens (tertiary/aromatic N) is 1. The van der Waals surface area contributed by atoms with Crippen molar-refractivity contribution in [1.82, 2.24) is 4.72 Å². The molecule has 2 aromatic rings. The van der Waals surface area contributed by atoms with Gasteiger partial charge in [0, 0.05) is 30.8 Å². The van der Waals surface area contributed by atoms with Crippen LogP contribution in [0.2, 0.25) is 5.02 Å². The van der Waals surface area contributed by atoms with Gasteiger partial charge in [-0.05, 0) is 98.7 Å². The van der Waals surface area contributed by atoms with Crippen molar-refractivity contribution < 1.29 is 27.8 Å². The summed E-state index contributed by atoms with van der Waals surface area (Å²) >= 11 is 6.30. The maximum absolute atomic E-state index is 13.2. The molecule has 2 aromatic carbocycles. The first-order valence-electron chi connectivity index (χ1n) is 14.4. The predicted molar refractivity (Wildman–Crippen MR) is 160 cm³/mol. The number of anilines is 1. The number of sulfonamides is 1. The third kappa shape index (κ3) is 6.74. The van der Waals surface area contributed by atoms with Crippen molar-refractivity contribution in [1.29, 1.82) is 0 Å². The van der Waals surface area contributed by atoms with E-state index < -0.39 is 27.3 Å². The standard InChI is InChI=1S/C31H39ClN2O6S/c1-20-28(35)7-5-8-29(39-2)26-13-10-23(26)18-34-15-4-3-6-21-16-25(32)12-9-24(21)19-40-30-14-11-22(17-27(30)34)31(36)33-41(20,37)38/h5,8-9,11-12,14,16-17,20,23,26,28-29,35H,3-4,6-7,10,13,15,18-19H2,1-2H3,(H,33,36)/b8-5+/t20-,23-,26+,28+,29-/m0/s1. The van der Waals surface area contributed by atoms with E-state index in [2.05, 4.69) is 9.62 Å². The van der Waals surface area contributed by atoms with Gasteiger partial charge in [0.2, 0.25) is 10.0 Å².